The van der Waals surface area contributed by atoms with Gasteiger partial charge in [0.1, 0.15) is 11.4 Å². The zero-order valence-corrected chi connectivity index (χ0v) is 23.3. The van der Waals surface area contributed by atoms with Crippen LogP contribution in [0.4, 0.5) is 34.5 Å². The van der Waals surface area contributed by atoms with Gasteiger partial charge in [0, 0.05) is 37.8 Å². The molecule has 3 aromatic rings. The molecule has 2 amide bonds. The highest BCUT2D eigenvalue weighted by Crippen LogP contribution is 2.41. The topological polar surface area (TPSA) is 151 Å². The maximum Gasteiger partial charge on any atom is 0.260 e. The highest BCUT2D eigenvalue weighted by Gasteiger charge is 2.35. The number of sulfonamides is 1. The van der Waals surface area contributed by atoms with Gasteiger partial charge in [-0.25, -0.2) is 17.7 Å². The van der Waals surface area contributed by atoms with Crippen molar-refractivity contribution in [3.8, 4) is 5.75 Å². The highest BCUT2D eigenvalue weighted by atomic mass is 32.2. The van der Waals surface area contributed by atoms with Crippen LogP contribution in [0.25, 0.3) is 0 Å². The van der Waals surface area contributed by atoms with Gasteiger partial charge in [-0.1, -0.05) is 12.1 Å². The molecule has 0 atom stereocenters. The van der Waals surface area contributed by atoms with Gasteiger partial charge >= 0.3 is 0 Å². The Morgan fingerprint density at radius 3 is 2.55 bits per heavy atom. The monoisotopic (exact) mass is 565 g/mol. The lowest BCUT2D eigenvalue weighted by Crippen LogP contribution is -2.38. The van der Waals surface area contributed by atoms with E-state index in [0.717, 1.165) is 16.2 Å². The molecule has 40 heavy (non-hydrogen) atoms. The van der Waals surface area contributed by atoms with E-state index in [4.69, 9.17) is 10.5 Å². The van der Waals surface area contributed by atoms with Gasteiger partial charge in [-0.2, -0.15) is 4.98 Å². The molecule has 0 bridgehead atoms. The molecule has 0 unspecified atom stereocenters. The minimum absolute atomic E-state index is 0.0488. The van der Waals surface area contributed by atoms with Crippen molar-refractivity contribution in [1.29, 1.82) is 0 Å². The van der Waals surface area contributed by atoms with Crippen molar-refractivity contribution in [3.63, 3.8) is 0 Å². The molecule has 2 aliphatic rings. The smallest absolute Gasteiger partial charge is 0.260 e. The second-order valence-corrected chi connectivity index (χ2v) is 11.5. The summed E-state index contributed by atoms with van der Waals surface area (Å²) < 4.78 is 33.0. The molecule has 12 nitrogen and oxygen atoms in total. The Labute approximate surface area is 232 Å². The maximum absolute atomic E-state index is 13.2. The lowest BCUT2D eigenvalue weighted by molar-refractivity contribution is -0.122. The highest BCUT2D eigenvalue weighted by molar-refractivity contribution is 7.92. The first-order valence-electron chi connectivity index (χ1n) is 12.9. The second-order valence-electron chi connectivity index (χ2n) is 9.71. The molecule has 1 fully saturated rings. The predicted molar refractivity (Wildman–Crippen MR) is 153 cm³/mol. The summed E-state index contributed by atoms with van der Waals surface area (Å²) in [4.78, 5) is 37.2. The summed E-state index contributed by atoms with van der Waals surface area (Å²) >= 11 is 0. The number of rotatable bonds is 7. The van der Waals surface area contributed by atoms with Gasteiger partial charge in [0.05, 0.1) is 36.0 Å². The van der Waals surface area contributed by atoms with Crippen molar-refractivity contribution in [1.82, 2.24) is 9.97 Å². The van der Waals surface area contributed by atoms with Gasteiger partial charge in [-0.05, 0) is 44.0 Å². The number of hydrogen-bond acceptors (Lipinski definition) is 9. The number of carbonyl (C=O) groups excluding carboxylic acids is 2. The third-order valence-corrected chi connectivity index (χ3v) is 8.10. The number of aromatic nitrogens is 2. The summed E-state index contributed by atoms with van der Waals surface area (Å²) in [5.41, 5.74) is 7.70. The Balaban J connectivity index is 1.50. The van der Waals surface area contributed by atoms with E-state index in [-0.39, 0.29) is 46.4 Å². The van der Waals surface area contributed by atoms with Gasteiger partial charge in [-0.3, -0.25) is 9.59 Å². The lowest BCUT2D eigenvalue weighted by atomic mass is 9.96. The first-order valence-corrected chi connectivity index (χ1v) is 14.8. The third kappa shape index (κ3) is 5.11. The largest absolute Gasteiger partial charge is 0.492 e. The van der Waals surface area contributed by atoms with Crippen LogP contribution < -0.4 is 29.9 Å². The summed E-state index contributed by atoms with van der Waals surface area (Å²) in [5, 5.41) is 3.15. The SMILES string of the molecule is CCOc1cc(N2CCC(C(N)=O)CC2)ccc1Nc1ncc2c(n1)N(S(C)(=O)=O)c1ccccc1C(=O)N2C. The molecule has 13 heteroatoms. The van der Waals surface area contributed by atoms with Gasteiger partial charge < -0.3 is 25.6 Å². The van der Waals surface area contributed by atoms with Gasteiger partial charge in [0.15, 0.2) is 5.82 Å². The van der Waals surface area contributed by atoms with Crippen LogP contribution in [0.5, 0.6) is 5.75 Å². The van der Waals surface area contributed by atoms with E-state index in [2.05, 4.69) is 20.2 Å². The average molecular weight is 566 g/mol. The number of carbonyl (C=O) groups is 2. The van der Waals surface area contributed by atoms with Crippen LogP contribution in [0, 0.1) is 5.92 Å². The Bertz CT molecular complexity index is 1570. The molecular weight excluding hydrogens is 534 g/mol. The molecule has 5 rings (SSSR count). The summed E-state index contributed by atoms with van der Waals surface area (Å²) in [5.74, 6) is -0.00367. The number of piperidine rings is 1. The van der Waals surface area contributed by atoms with Crippen LogP contribution >= 0.6 is 0 Å². The number of benzene rings is 2. The number of fused-ring (bicyclic) bond motifs is 2. The van der Waals surface area contributed by atoms with E-state index < -0.39 is 10.0 Å². The zero-order valence-electron chi connectivity index (χ0n) is 22.5. The van der Waals surface area contributed by atoms with E-state index in [1.807, 2.05) is 25.1 Å². The second kappa shape index (κ2) is 10.6. The molecule has 3 N–H and O–H groups in total. The van der Waals surface area contributed by atoms with Crippen LogP contribution in [0.2, 0.25) is 0 Å². The quantitative estimate of drug-likeness (QED) is 0.440. The predicted octanol–water partition coefficient (Wildman–Crippen LogP) is 3.01. The fourth-order valence-corrected chi connectivity index (χ4v) is 5.98. The number of nitrogens with two attached hydrogens (primary N) is 1. The number of nitrogens with one attached hydrogen (secondary N) is 1. The minimum Gasteiger partial charge on any atom is -0.492 e. The summed E-state index contributed by atoms with van der Waals surface area (Å²) in [7, 11) is -2.33. The van der Waals surface area contributed by atoms with Crippen LogP contribution in [-0.4, -0.2) is 63.2 Å². The summed E-state index contributed by atoms with van der Waals surface area (Å²) in [6, 6.07) is 12.2. The summed E-state index contributed by atoms with van der Waals surface area (Å²) in [6.07, 6.45) is 3.87. The molecule has 1 aromatic heterocycles. The molecule has 0 saturated carbocycles. The molecule has 210 valence electrons. The van der Waals surface area contributed by atoms with Crippen molar-refractivity contribution in [2.45, 2.75) is 19.8 Å². The number of amides is 2. The van der Waals surface area contributed by atoms with Crippen molar-refractivity contribution >= 4 is 56.4 Å². The fraction of sp³-hybridized carbons (Fsp3) is 0.333. The number of nitrogens with zero attached hydrogens (tertiary/aromatic N) is 5. The fourth-order valence-electron chi connectivity index (χ4n) is 5.01. The molecule has 2 aromatic carbocycles. The van der Waals surface area contributed by atoms with Crippen molar-refractivity contribution in [2.75, 3.05) is 52.4 Å². The van der Waals surface area contributed by atoms with Crippen molar-refractivity contribution < 1.29 is 22.7 Å². The first-order chi connectivity index (χ1) is 19.1. The maximum atomic E-state index is 13.2. The zero-order chi connectivity index (χ0) is 28.6. The van der Waals surface area contributed by atoms with Crippen LogP contribution in [0.1, 0.15) is 30.1 Å². The van der Waals surface area contributed by atoms with E-state index in [9.17, 15) is 18.0 Å². The first kappa shape index (κ1) is 27.2. The van der Waals surface area contributed by atoms with Crippen LogP contribution in [0.3, 0.4) is 0 Å². The molecule has 2 aliphatic heterocycles. The Hall–Kier alpha value is -4.39. The standard InChI is InChI=1S/C27H31N7O5S/c1-4-39-23-15-18(33-13-11-17(12-14-33)24(28)35)9-10-20(23)30-27-29-16-22-25(31-27)34(40(3,37)38)21-8-6-5-7-19(21)26(36)32(22)2/h5-10,15-17H,4,11-14H2,1-3H3,(H2,28,35)(H,29,30,31). The van der Waals surface area contributed by atoms with E-state index >= 15 is 0 Å². The van der Waals surface area contributed by atoms with Gasteiger partial charge in [0.2, 0.25) is 21.9 Å². The Kier molecular flexibility index (Phi) is 7.23. The lowest BCUT2D eigenvalue weighted by Gasteiger charge is -2.32. The Morgan fingerprint density at radius 2 is 1.88 bits per heavy atom. The van der Waals surface area contributed by atoms with E-state index in [0.29, 0.717) is 44.0 Å². The van der Waals surface area contributed by atoms with Gasteiger partial charge in [-0.15, -0.1) is 0 Å². The van der Waals surface area contributed by atoms with E-state index in [1.54, 1.807) is 31.3 Å². The molecule has 3 heterocycles. The van der Waals surface area contributed by atoms with Crippen molar-refractivity contribution in [2.24, 2.45) is 11.7 Å². The minimum atomic E-state index is -3.88. The molecular formula is C27H31N7O5S. The molecule has 0 radical (unpaired) electrons. The van der Waals surface area contributed by atoms with Crippen molar-refractivity contribution in [3.05, 3.63) is 54.2 Å². The molecule has 1 saturated heterocycles. The van der Waals surface area contributed by atoms with Crippen LogP contribution in [0.15, 0.2) is 48.7 Å². The van der Waals surface area contributed by atoms with Gasteiger partial charge in [0.25, 0.3) is 5.91 Å². The molecule has 0 aliphatic carbocycles. The number of para-hydroxylation sites is 1. The van der Waals surface area contributed by atoms with Crippen LogP contribution in [-0.2, 0) is 14.8 Å². The third-order valence-electron chi connectivity index (χ3n) is 7.07. The normalized spacial score (nSPS) is 15.8. The number of anilines is 6. The number of hydrogen-bond donors (Lipinski definition) is 2. The molecule has 0 spiro atoms. The van der Waals surface area contributed by atoms with E-state index in [1.165, 1.54) is 11.1 Å². The Morgan fingerprint density at radius 1 is 1.15 bits per heavy atom. The number of primary amides is 1. The summed E-state index contributed by atoms with van der Waals surface area (Å²) in [6.45, 7) is 3.70. The average Bonchev–Trinajstić information content (AvgIpc) is 3.02. The number of ether oxygens (including phenoxy) is 1.